The lowest BCUT2D eigenvalue weighted by Crippen LogP contribution is -2.56. The molecule has 0 bridgehead atoms. The molecule has 3 heterocycles. The molecule has 3 fully saturated rings. The van der Waals surface area contributed by atoms with E-state index >= 15 is 0 Å². The van der Waals surface area contributed by atoms with Crippen molar-refractivity contribution in [3.8, 4) is 0 Å². The van der Waals surface area contributed by atoms with E-state index in [-0.39, 0.29) is 42.3 Å². The molecule has 3 saturated heterocycles. The Balaban J connectivity index is 0.00000240. The summed E-state index contributed by atoms with van der Waals surface area (Å²) in [5.41, 5.74) is 1.05. The van der Waals surface area contributed by atoms with Crippen LogP contribution in [-0.2, 0) is 9.53 Å². The van der Waals surface area contributed by atoms with Gasteiger partial charge >= 0.3 is 6.03 Å². The highest BCUT2D eigenvalue weighted by molar-refractivity contribution is 5.96. The molecular weight excluding hydrogens is 397 g/mol. The van der Waals surface area contributed by atoms with Crippen molar-refractivity contribution in [2.75, 3.05) is 39.8 Å². The molecule has 3 amide bonds. The fraction of sp³-hybridized carbons (Fsp3) is 0.619. The van der Waals surface area contributed by atoms with Crippen LogP contribution in [0.1, 0.15) is 37.4 Å². The topological polar surface area (TPSA) is 53.1 Å². The van der Waals surface area contributed by atoms with Gasteiger partial charge in [0, 0.05) is 45.7 Å². The average Bonchev–Trinajstić information content (AvgIpc) is 3.16. The number of nitrogens with zero attached hydrogens (tertiary/aromatic N) is 3. The van der Waals surface area contributed by atoms with Crippen molar-refractivity contribution in [2.45, 2.75) is 37.8 Å². The van der Waals surface area contributed by atoms with Crippen LogP contribution in [0, 0.1) is 11.7 Å². The average molecular weight is 426 g/mol. The molecule has 3 aliphatic heterocycles. The van der Waals surface area contributed by atoms with Crippen LogP contribution in [0.2, 0.25) is 0 Å². The lowest BCUT2D eigenvalue weighted by Gasteiger charge is -2.42. The SMILES string of the molecule is CN1C(=O)CCN(C2CCN(CC3COC(c4ccc(F)cc4)C3)CC2)C1=O.Cl. The minimum atomic E-state index is -0.219. The maximum absolute atomic E-state index is 13.1. The predicted molar refractivity (Wildman–Crippen MR) is 109 cm³/mol. The van der Waals surface area contributed by atoms with Crippen molar-refractivity contribution in [2.24, 2.45) is 5.92 Å². The van der Waals surface area contributed by atoms with Gasteiger partial charge in [0.1, 0.15) is 5.82 Å². The number of urea groups is 1. The fourth-order valence-electron chi connectivity index (χ4n) is 4.62. The molecule has 2 unspecified atom stereocenters. The molecule has 0 aliphatic carbocycles. The van der Waals surface area contributed by atoms with Gasteiger partial charge in [0.05, 0.1) is 12.7 Å². The molecule has 0 N–H and O–H groups in total. The smallest absolute Gasteiger partial charge is 0.326 e. The Morgan fingerprint density at radius 2 is 1.79 bits per heavy atom. The molecule has 1 aromatic rings. The molecule has 6 nitrogen and oxygen atoms in total. The van der Waals surface area contributed by atoms with Gasteiger partial charge in [-0.15, -0.1) is 12.4 Å². The molecule has 0 aromatic heterocycles. The summed E-state index contributed by atoms with van der Waals surface area (Å²) in [5, 5.41) is 0. The van der Waals surface area contributed by atoms with Gasteiger partial charge in [-0.05, 0) is 42.9 Å². The van der Waals surface area contributed by atoms with E-state index in [1.54, 1.807) is 7.05 Å². The summed E-state index contributed by atoms with van der Waals surface area (Å²) in [7, 11) is 1.57. The number of benzene rings is 1. The van der Waals surface area contributed by atoms with Crippen LogP contribution >= 0.6 is 12.4 Å². The van der Waals surface area contributed by atoms with E-state index in [4.69, 9.17) is 4.74 Å². The van der Waals surface area contributed by atoms with Gasteiger partial charge in [-0.2, -0.15) is 0 Å². The first-order valence-electron chi connectivity index (χ1n) is 10.2. The van der Waals surface area contributed by atoms with E-state index in [1.165, 1.54) is 17.0 Å². The number of likely N-dealkylation sites (tertiary alicyclic amines) is 1. The minimum absolute atomic E-state index is 0. The molecule has 0 radical (unpaired) electrons. The maximum Gasteiger partial charge on any atom is 0.326 e. The molecule has 2 atom stereocenters. The van der Waals surface area contributed by atoms with Gasteiger partial charge in [0.15, 0.2) is 0 Å². The second-order valence-electron chi connectivity index (χ2n) is 8.19. The molecule has 160 valence electrons. The van der Waals surface area contributed by atoms with Crippen LogP contribution in [0.3, 0.4) is 0 Å². The van der Waals surface area contributed by atoms with Gasteiger partial charge < -0.3 is 14.5 Å². The molecule has 0 saturated carbocycles. The lowest BCUT2D eigenvalue weighted by molar-refractivity contribution is -0.130. The number of piperidine rings is 1. The zero-order valence-electron chi connectivity index (χ0n) is 16.8. The Hall–Kier alpha value is -1.70. The van der Waals surface area contributed by atoms with Crippen LogP contribution in [0.15, 0.2) is 24.3 Å². The number of hydrogen-bond acceptors (Lipinski definition) is 4. The van der Waals surface area contributed by atoms with Crippen molar-refractivity contribution in [3.05, 3.63) is 35.6 Å². The standard InChI is InChI=1S/C21H28FN3O3.ClH/c1-23-20(26)8-11-25(21(23)27)18-6-9-24(10-7-18)13-15-12-19(28-14-15)16-2-4-17(22)5-3-16;/h2-5,15,18-19H,6-14H2,1H3;1H. The quantitative estimate of drug-likeness (QED) is 0.744. The first-order chi connectivity index (χ1) is 13.5. The van der Waals surface area contributed by atoms with Crippen LogP contribution in [0.25, 0.3) is 0 Å². The Bertz CT molecular complexity index is 724. The maximum atomic E-state index is 13.1. The van der Waals surface area contributed by atoms with Crippen molar-refractivity contribution in [3.63, 3.8) is 0 Å². The third kappa shape index (κ3) is 4.90. The van der Waals surface area contributed by atoms with Crippen LogP contribution in [-0.4, -0.2) is 72.5 Å². The van der Waals surface area contributed by atoms with Gasteiger partial charge in [0.25, 0.3) is 0 Å². The summed E-state index contributed by atoms with van der Waals surface area (Å²) in [6.07, 6.45) is 3.34. The van der Waals surface area contributed by atoms with Crippen molar-refractivity contribution >= 4 is 24.3 Å². The molecule has 29 heavy (non-hydrogen) atoms. The largest absolute Gasteiger partial charge is 0.373 e. The third-order valence-corrected chi connectivity index (χ3v) is 6.31. The highest BCUT2D eigenvalue weighted by atomic mass is 35.5. The number of carbonyl (C=O) groups excluding carboxylic acids is 2. The number of hydrogen-bond donors (Lipinski definition) is 0. The van der Waals surface area contributed by atoms with E-state index in [0.717, 1.165) is 51.1 Å². The summed E-state index contributed by atoms with van der Waals surface area (Å²) < 4.78 is 19.0. The second-order valence-corrected chi connectivity index (χ2v) is 8.19. The highest BCUT2D eigenvalue weighted by Crippen LogP contribution is 2.33. The number of imide groups is 1. The second kappa shape index (κ2) is 9.41. The molecule has 1 aromatic carbocycles. The molecule has 3 aliphatic rings. The zero-order chi connectivity index (χ0) is 19.7. The highest BCUT2D eigenvalue weighted by Gasteiger charge is 2.36. The summed E-state index contributed by atoms with van der Waals surface area (Å²) in [4.78, 5) is 29.6. The van der Waals surface area contributed by atoms with E-state index in [0.29, 0.717) is 18.9 Å². The third-order valence-electron chi connectivity index (χ3n) is 6.31. The normalized spacial score (nSPS) is 26.7. The Morgan fingerprint density at radius 3 is 2.48 bits per heavy atom. The predicted octanol–water partition coefficient (Wildman–Crippen LogP) is 3.07. The Kier molecular flexibility index (Phi) is 7.14. The van der Waals surface area contributed by atoms with Crippen LogP contribution in [0.4, 0.5) is 9.18 Å². The zero-order valence-corrected chi connectivity index (χ0v) is 17.6. The van der Waals surface area contributed by atoms with E-state index in [2.05, 4.69) is 4.90 Å². The van der Waals surface area contributed by atoms with E-state index < -0.39 is 0 Å². The number of ether oxygens (including phenoxy) is 1. The minimum Gasteiger partial charge on any atom is -0.373 e. The van der Waals surface area contributed by atoms with Gasteiger partial charge in [0.2, 0.25) is 5.91 Å². The van der Waals surface area contributed by atoms with E-state index in [9.17, 15) is 14.0 Å². The number of halogens is 2. The van der Waals surface area contributed by atoms with E-state index in [1.807, 2.05) is 17.0 Å². The summed E-state index contributed by atoms with van der Waals surface area (Å²) in [6, 6.07) is 6.68. The van der Waals surface area contributed by atoms with Gasteiger partial charge in [-0.1, -0.05) is 12.1 Å². The van der Waals surface area contributed by atoms with Crippen molar-refractivity contribution < 1.29 is 18.7 Å². The van der Waals surface area contributed by atoms with Crippen LogP contribution in [0.5, 0.6) is 0 Å². The lowest BCUT2D eigenvalue weighted by atomic mass is 9.97. The molecule has 8 heteroatoms. The number of carbonyl (C=O) groups is 2. The number of amides is 3. The molecule has 0 spiro atoms. The van der Waals surface area contributed by atoms with Gasteiger partial charge in [-0.25, -0.2) is 9.18 Å². The summed E-state index contributed by atoms with van der Waals surface area (Å²) in [6.45, 7) is 4.20. The Morgan fingerprint density at radius 1 is 1.10 bits per heavy atom. The van der Waals surface area contributed by atoms with Crippen LogP contribution < -0.4 is 0 Å². The van der Waals surface area contributed by atoms with Gasteiger partial charge in [-0.3, -0.25) is 9.69 Å². The molecular formula is C21H29ClFN3O3. The summed E-state index contributed by atoms with van der Waals surface area (Å²) in [5.74, 6) is 0.173. The van der Waals surface area contributed by atoms with Crippen molar-refractivity contribution in [1.82, 2.24) is 14.7 Å². The monoisotopic (exact) mass is 425 g/mol. The summed E-state index contributed by atoms with van der Waals surface area (Å²) >= 11 is 0. The van der Waals surface area contributed by atoms with Crippen molar-refractivity contribution in [1.29, 1.82) is 0 Å². The Labute approximate surface area is 177 Å². The molecule has 4 rings (SSSR count). The first kappa shape index (κ1) is 22.0. The fourth-order valence-corrected chi connectivity index (χ4v) is 4.62. The number of rotatable bonds is 4. The first-order valence-corrected chi connectivity index (χ1v) is 10.2.